The van der Waals surface area contributed by atoms with Gasteiger partial charge in [0, 0.05) is 37.5 Å². The fourth-order valence-corrected chi connectivity index (χ4v) is 3.37. The van der Waals surface area contributed by atoms with Gasteiger partial charge in [-0.1, -0.05) is 0 Å². The number of ether oxygens (including phenoxy) is 2. The molecule has 0 spiro atoms. The Hall–Kier alpha value is -2.31. The van der Waals surface area contributed by atoms with Crippen molar-refractivity contribution in [1.82, 2.24) is 15.2 Å². The number of pyridine rings is 1. The predicted molar refractivity (Wildman–Crippen MR) is 101 cm³/mol. The van der Waals surface area contributed by atoms with Gasteiger partial charge in [-0.25, -0.2) is 0 Å². The summed E-state index contributed by atoms with van der Waals surface area (Å²) in [6.45, 7) is 8.30. The lowest BCUT2D eigenvalue weighted by atomic mass is 9.98. The maximum absolute atomic E-state index is 12.0. The number of methoxy groups -OCH3 is 1. The zero-order chi connectivity index (χ0) is 19.1. The fraction of sp³-hybridized carbons (Fsp3) is 0.632. The molecule has 1 fully saturated rings. The molecular weight excluding hydrogens is 332 g/mol. The van der Waals surface area contributed by atoms with Crippen LogP contribution in [-0.4, -0.2) is 55.7 Å². The van der Waals surface area contributed by atoms with Crippen molar-refractivity contribution in [3.63, 3.8) is 0 Å². The first kappa shape index (κ1) is 20.0. The van der Waals surface area contributed by atoms with Gasteiger partial charge in [-0.05, 0) is 33.6 Å². The number of aromatic nitrogens is 1. The van der Waals surface area contributed by atoms with Gasteiger partial charge in [0.15, 0.2) is 5.96 Å². The molecule has 26 heavy (non-hydrogen) atoms. The smallest absolute Gasteiger partial charge is 0.310 e. The van der Waals surface area contributed by atoms with Gasteiger partial charge in [-0.15, -0.1) is 0 Å². The Morgan fingerprint density at radius 3 is 2.88 bits per heavy atom. The van der Waals surface area contributed by atoms with Crippen LogP contribution in [0.1, 0.15) is 36.6 Å². The molecule has 1 atom stereocenters. The van der Waals surface area contributed by atoms with E-state index in [1.165, 1.54) is 0 Å². The number of hydrogen-bond donors (Lipinski definition) is 1. The van der Waals surface area contributed by atoms with Crippen LogP contribution in [0.15, 0.2) is 11.2 Å². The largest absolute Gasteiger partial charge is 0.496 e. The highest BCUT2D eigenvalue weighted by molar-refractivity contribution is 5.81. The van der Waals surface area contributed by atoms with Crippen LogP contribution in [0, 0.1) is 19.8 Å². The van der Waals surface area contributed by atoms with E-state index in [0.29, 0.717) is 19.7 Å². The lowest BCUT2D eigenvalue weighted by Crippen LogP contribution is -2.48. The number of nitrogens with one attached hydrogen (secondary N) is 1. The first-order valence-corrected chi connectivity index (χ1v) is 9.13. The molecule has 1 aromatic rings. The van der Waals surface area contributed by atoms with Crippen molar-refractivity contribution in [3.8, 4) is 5.75 Å². The molecule has 0 amide bonds. The third-order valence-corrected chi connectivity index (χ3v) is 4.72. The highest BCUT2D eigenvalue weighted by Crippen LogP contribution is 2.24. The summed E-state index contributed by atoms with van der Waals surface area (Å²) in [6.07, 6.45) is 3.63. The van der Waals surface area contributed by atoms with Gasteiger partial charge in [0.1, 0.15) is 5.75 Å². The third kappa shape index (κ3) is 4.65. The van der Waals surface area contributed by atoms with Gasteiger partial charge in [0.2, 0.25) is 0 Å². The number of carbonyl (C=O) groups excluding carboxylic acids is 1. The second kappa shape index (κ2) is 9.40. The quantitative estimate of drug-likeness (QED) is 0.491. The van der Waals surface area contributed by atoms with E-state index < -0.39 is 0 Å². The van der Waals surface area contributed by atoms with Gasteiger partial charge < -0.3 is 19.7 Å². The molecule has 1 N–H and O–H groups in total. The summed E-state index contributed by atoms with van der Waals surface area (Å²) in [4.78, 5) is 23.1. The van der Waals surface area contributed by atoms with Crippen molar-refractivity contribution < 1.29 is 14.3 Å². The van der Waals surface area contributed by atoms with Crippen molar-refractivity contribution in [2.75, 3.05) is 33.9 Å². The zero-order valence-corrected chi connectivity index (χ0v) is 16.5. The van der Waals surface area contributed by atoms with Crippen LogP contribution in [0.25, 0.3) is 0 Å². The molecule has 7 nitrogen and oxygen atoms in total. The van der Waals surface area contributed by atoms with Crippen LogP contribution in [0.3, 0.4) is 0 Å². The number of rotatable bonds is 5. The molecule has 0 aromatic carbocycles. The molecule has 1 aliphatic rings. The normalized spacial score (nSPS) is 17.8. The monoisotopic (exact) mass is 362 g/mol. The minimum atomic E-state index is -0.117. The van der Waals surface area contributed by atoms with Gasteiger partial charge >= 0.3 is 5.97 Å². The summed E-state index contributed by atoms with van der Waals surface area (Å²) in [7, 11) is 3.43. The number of esters is 1. The van der Waals surface area contributed by atoms with Crippen LogP contribution in [0.4, 0.5) is 0 Å². The van der Waals surface area contributed by atoms with E-state index in [4.69, 9.17) is 9.47 Å². The first-order valence-electron chi connectivity index (χ1n) is 9.13. The van der Waals surface area contributed by atoms with Crippen LogP contribution < -0.4 is 10.1 Å². The van der Waals surface area contributed by atoms with Gasteiger partial charge in [-0.3, -0.25) is 14.8 Å². The highest BCUT2D eigenvalue weighted by Gasteiger charge is 2.28. The SMILES string of the molecule is CCOC(=O)C1CCCN(C(=NC)NCc2ncc(C)c(OC)c2C)C1. The minimum absolute atomic E-state index is 0.0958. The number of aliphatic imine (C=N–C) groups is 1. The number of carbonyl (C=O) groups is 1. The standard InChI is InChI=1S/C19H30N4O3/c1-6-26-18(24)15-8-7-9-23(12-15)19(20-4)22-11-16-14(3)17(25-5)13(2)10-21-16/h10,15H,6-9,11-12H2,1-5H3,(H,20,22). The third-order valence-electron chi connectivity index (χ3n) is 4.72. The Kier molecular flexibility index (Phi) is 7.24. The van der Waals surface area contributed by atoms with E-state index in [-0.39, 0.29) is 11.9 Å². The van der Waals surface area contributed by atoms with Crippen LogP contribution >= 0.6 is 0 Å². The number of guanidine groups is 1. The maximum Gasteiger partial charge on any atom is 0.310 e. The van der Waals surface area contributed by atoms with Gasteiger partial charge in [-0.2, -0.15) is 0 Å². The van der Waals surface area contributed by atoms with Crippen molar-refractivity contribution in [2.24, 2.45) is 10.9 Å². The molecule has 1 aliphatic heterocycles. The van der Waals surface area contributed by atoms with Gasteiger partial charge in [0.25, 0.3) is 0 Å². The molecule has 1 unspecified atom stereocenters. The second-order valence-electron chi connectivity index (χ2n) is 6.48. The summed E-state index contributed by atoms with van der Waals surface area (Å²) in [6, 6.07) is 0. The molecule has 1 saturated heterocycles. The Balaban J connectivity index is 2.03. The number of piperidine rings is 1. The number of nitrogens with zero attached hydrogens (tertiary/aromatic N) is 3. The van der Waals surface area contributed by atoms with E-state index in [1.54, 1.807) is 14.2 Å². The van der Waals surface area contributed by atoms with Crippen molar-refractivity contribution >= 4 is 11.9 Å². The zero-order valence-electron chi connectivity index (χ0n) is 16.5. The average molecular weight is 362 g/mol. The lowest BCUT2D eigenvalue weighted by molar-refractivity contribution is -0.149. The molecule has 144 valence electrons. The molecule has 7 heteroatoms. The summed E-state index contributed by atoms with van der Waals surface area (Å²) >= 11 is 0. The number of hydrogen-bond acceptors (Lipinski definition) is 5. The molecule has 1 aromatic heterocycles. The minimum Gasteiger partial charge on any atom is -0.496 e. The molecular formula is C19H30N4O3. The summed E-state index contributed by atoms with van der Waals surface area (Å²) in [5.41, 5.74) is 2.97. The molecule has 0 saturated carbocycles. The molecule has 0 aliphatic carbocycles. The van der Waals surface area contributed by atoms with Crippen molar-refractivity contribution in [2.45, 2.75) is 40.2 Å². The molecule has 2 rings (SSSR count). The van der Waals surface area contributed by atoms with Crippen LogP contribution in [-0.2, 0) is 16.1 Å². The van der Waals surface area contributed by atoms with E-state index in [9.17, 15) is 4.79 Å². The van der Waals surface area contributed by atoms with Crippen LogP contribution in [0.2, 0.25) is 0 Å². The topological polar surface area (TPSA) is 76.0 Å². The Morgan fingerprint density at radius 1 is 1.46 bits per heavy atom. The van der Waals surface area contributed by atoms with E-state index in [2.05, 4.69) is 20.2 Å². The summed E-state index contributed by atoms with van der Waals surface area (Å²) in [5, 5.41) is 3.36. The maximum atomic E-state index is 12.0. The lowest BCUT2D eigenvalue weighted by Gasteiger charge is -2.34. The Labute approximate surface area is 155 Å². The Morgan fingerprint density at radius 2 is 2.23 bits per heavy atom. The Bertz CT molecular complexity index is 660. The summed E-state index contributed by atoms with van der Waals surface area (Å²) < 4.78 is 10.6. The van der Waals surface area contributed by atoms with Crippen LogP contribution in [0.5, 0.6) is 5.75 Å². The highest BCUT2D eigenvalue weighted by atomic mass is 16.5. The van der Waals surface area contributed by atoms with E-state index in [1.807, 2.05) is 27.0 Å². The molecule has 2 heterocycles. The molecule has 0 radical (unpaired) electrons. The van der Waals surface area contributed by atoms with Gasteiger partial charge in [0.05, 0.1) is 31.9 Å². The van der Waals surface area contributed by atoms with Crippen molar-refractivity contribution in [1.29, 1.82) is 0 Å². The average Bonchev–Trinajstić information content (AvgIpc) is 2.64. The predicted octanol–water partition coefficient (Wildman–Crippen LogP) is 2.06. The van der Waals surface area contributed by atoms with Crippen molar-refractivity contribution in [3.05, 3.63) is 23.0 Å². The first-order chi connectivity index (χ1) is 12.5. The molecule has 0 bridgehead atoms. The fourth-order valence-electron chi connectivity index (χ4n) is 3.37. The van der Waals surface area contributed by atoms with E-state index in [0.717, 1.165) is 47.9 Å². The summed E-state index contributed by atoms with van der Waals surface area (Å²) in [5.74, 6) is 1.43. The second-order valence-corrected chi connectivity index (χ2v) is 6.48. The van der Waals surface area contributed by atoms with E-state index >= 15 is 0 Å². The number of aryl methyl sites for hydroxylation is 1. The number of likely N-dealkylation sites (tertiary alicyclic amines) is 1.